The molecule has 0 aliphatic carbocycles. The zero-order chi connectivity index (χ0) is 26.2. The Morgan fingerprint density at radius 1 is 1.00 bits per heavy atom. The highest BCUT2D eigenvalue weighted by Gasteiger charge is 2.35. The maximum absolute atomic E-state index is 13.0. The van der Waals surface area contributed by atoms with Crippen molar-refractivity contribution in [3.63, 3.8) is 0 Å². The Hall–Kier alpha value is -3.71. The van der Waals surface area contributed by atoms with Gasteiger partial charge < -0.3 is 4.74 Å². The van der Waals surface area contributed by atoms with Crippen molar-refractivity contribution in [1.82, 2.24) is 5.43 Å². The molecule has 13 heteroatoms. The molecule has 0 radical (unpaired) electrons. The Labute approximate surface area is 217 Å². The predicted molar refractivity (Wildman–Crippen MR) is 130 cm³/mol. The summed E-state index contributed by atoms with van der Waals surface area (Å²) in [5.41, 5.74) is 1.16. The van der Waals surface area contributed by atoms with Crippen LogP contribution in [0.15, 0.2) is 75.2 Å². The van der Waals surface area contributed by atoms with Gasteiger partial charge in [0.25, 0.3) is 11.8 Å². The number of ether oxygens (including phenoxy) is 1. The molecule has 1 N–H and O–H groups in total. The molecule has 36 heavy (non-hydrogen) atoms. The van der Waals surface area contributed by atoms with Crippen LogP contribution in [0.2, 0.25) is 0 Å². The third kappa shape index (κ3) is 5.11. The van der Waals surface area contributed by atoms with E-state index in [2.05, 4.69) is 37.3 Å². The van der Waals surface area contributed by atoms with Crippen molar-refractivity contribution in [2.24, 2.45) is 0 Å². The number of nitrogens with zero attached hydrogens (tertiary/aromatic N) is 2. The van der Waals surface area contributed by atoms with Crippen LogP contribution in [0.25, 0.3) is 6.08 Å². The van der Waals surface area contributed by atoms with E-state index in [4.69, 9.17) is 4.74 Å². The minimum absolute atomic E-state index is 0.0353. The molecule has 1 aliphatic rings. The molecule has 3 aromatic rings. The van der Waals surface area contributed by atoms with E-state index in [0.29, 0.717) is 23.4 Å². The van der Waals surface area contributed by atoms with E-state index >= 15 is 0 Å². The molecule has 0 atom stereocenters. The second-order valence-electron chi connectivity index (χ2n) is 7.33. The van der Waals surface area contributed by atoms with Crippen molar-refractivity contribution in [2.75, 3.05) is 5.01 Å². The molecule has 184 valence electrons. The predicted octanol–water partition coefficient (Wildman–Crippen LogP) is 6.39. The van der Waals surface area contributed by atoms with E-state index in [1.165, 1.54) is 18.2 Å². The first-order valence-corrected chi connectivity index (χ1v) is 11.5. The molecule has 8 nitrogen and oxygen atoms in total. The number of hydrogen-bond donors (Lipinski definition) is 1. The van der Waals surface area contributed by atoms with E-state index < -0.39 is 39.9 Å². The number of hydrazine groups is 1. The average molecular weight is 627 g/mol. The van der Waals surface area contributed by atoms with Gasteiger partial charge >= 0.3 is 11.9 Å². The topological polar surface area (TPSA) is 102 Å². The zero-order valence-corrected chi connectivity index (χ0v) is 20.8. The molecular formula is C23H12Br2F3N3O5. The SMILES string of the molecule is O=C1NN(c2ccccc2)C(=O)/C1=C/c1cc(Br)c(Oc2ccc(C(F)(F)F)cc2[N+](=O)[O-])c(Br)c1. The third-order valence-electron chi connectivity index (χ3n) is 4.93. The third-order valence-corrected chi connectivity index (χ3v) is 6.11. The molecule has 2 amide bonds. The first-order valence-electron chi connectivity index (χ1n) is 9.90. The minimum Gasteiger partial charge on any atom is -0.448 e. The number of nitrogens with one attached hydrogen (secondary N) is 1. The van der Waals surface area contributed by atoms with Gasteiger partial charge in [-0.3, -0.25) is 25.1 Å². The first kappa shape index (κ1) is 25.4. The lowest BCUT2D eigenvalue weighted by Crippen LogP contribution is -2.35. The summed E-state index contributed by atoms with van der Waals surface area (Å²) in [6.45, 7) is 0. The van der Waals surface area contributed by atoms with Gasteiger partial charge in [-0.25, -0.2) is 5.01 Å². The van der Waals surface area contributed by atoms with Crippen LogP contribution in [0, 0.1) is 10.1 Å². The van der Waals surface area contributed by atoms with Gasteiger partial charge in [0.1, 0.15) is 5.57 Å². The Kier molecular flexibility index (Phi) is 6.87. The monoisotopic (exact) mass is 625 g/mol. The number of nitro groups is 1. The van der Waals surface area contributed by atoms with Gasteiger partial charge in [-0.15, -0.1) is 0 Å². The van der Waals surface area contributed by atoms with Crippen LogP contribution in [-0.4, -0.2) is 16.7 Å². The fourth-order valence-electron chi connectivity index (χ4n) is 3.28. The maximum Gasteiger partial charge on any atom is 0.416 e. The quantitative estimate of drug-likeness (QED) is 0.153. The highest BCUT2D eigenvalue weighted by Crippen LogP contribution is 2.43. The molecule has 3 aromatic carbocycles. The lowest BCUT2D eigenvalue weighted by atomic mass is 10.1. The highest BCUT2D eigenvalue weighted by atomic mass is 79.9. The lowest BCUT2D eigenvalue weighted by Gasteiger charge is -2.14. The van der Waals surface area contributed by atoms with Crippen molar-refractivity contribution in [2.45, 2.75) is 6.18 Å². The van der Waals surface area contributed by atoms with Gasteiger partial charge in [0.15, 0.2) is 5.75 Å². The average Bonchev–Trinajstić information content (AvgIpc) is 3.09. The van der Waals surface area contributed by atoms with Crippen molar-refractivity contribution in [3.8, 4) is 11.5 Å². The summed E-state index contributed by atoms with van der Waals surface area (Å²) < 4.78 is 45.0. The Morgan fingerprint density at radius 2 is 1.64 bits per heavy atom. The molecule has 0 aromatic heterocycles. The van der Waals surface area contributed by atoms with Crippen molar-refractivity contribution in [3.05, 3.63) is 96.4 Å². The summed E-state index contributed by atoms with van der Waals surface area (Å²) in [5.74, 6) is -1.56. The number of halogens is 5. The summed E-state index contributed by atoms with van der Waals surface area (Å²) in [6, 6.07) is 13.4. The normalized spacial score (nSPS) is 14.8. The van der Waals surface area contributed by atoms with Crippen LogP contribution in [0.5, 0.6) is 11.5 Å². The number of carbonyl (C=O) groups excluding carboxylic acids is 2. The molecule has 1 fully saturated rings. The molecular weight excluding hydrogens is 615 g/mol. The number of carbonyl (C=O) groups is 2. The number of amides is 2. The highest BCUT2D eigenvalue weighted by molar-refractivity contribution is 9.11. The van der Waals surface area contributed by atoms with Crippen molar-refractivity contribution >= 4 is 61.1 Å². The minimum atomic E-state index is -4.76. The number of nitro benzene ring substituents is 1. The number of rotatable bonds is 5. The summed E-state index contributed by atoms with van der Waals surface area (Å²) in [7, 11) is 0. The number of para-hydroxylation sites is 1. The Bertz CT molecular complexity index is 1410. The molecule has 4 rings (SSSR count). The van der Waals surface area contributed by atoms with E-state index in [9.17, 15) is 32.9 Å². The molecule has 1 saturated heterocycles. The Balaban J connectivity index is 1.64. The van der Waals surface area contributed by atoms with Gasteiger partial charge in [0, 0.05) is 6.07 Å². The fraction of sp³-hybridized carbons (Fsp3) is 0.0435. The van der Waals surface area contributed by atoms with Crippen molar-refractivity contribution < 1.29 is 32.4 Å². The molecule has 1 aliphatic heterocycles. The number of alkyl halides is 3. The van der Waals surface area contributed by atoms with Gasteiger partial charge in [0.05, 0.1) is 25.1 Å². The van der Waals surface area contributed by atoms with E-state index in [1.807, 2.05) is 0 Å². The summed E-state index contributed by atoms with van der Waals surface area (Å²) in [5, 5.41) is 12.5. The standard InChI is InChI=1S/C23H12Br2F3N3O5/c24-16-9-12(8-15-21(32)29-30(22(15)33)14-4-2-1-3-5-14)10-17(25)20(16)36-19-7-6-13(23(26,27)28)11-18(19)31(34)35/h1-11H,(H,29,32)/b15-8+. The molecule has 0 bridgehead atoms. The maximum atomic E-state index is 13.0. The number of hydrogen-bond acceptors (Lipinski definition) is 5. The van der Waals surface area contributed by atoms with Gasteiger partial charge in [0.2, 0.25) is 5.75 Å². The van der Waals surface area contributed by atoms with Gasteiger partial charge in [-0.1, -0.05) is 18.2 Å². The van der Waals surface area contributed by atoms with Crippen LogP contribution in [-0.2, 0) is 15.8 Å². The van der Waals surface area contributed by atoms with Gasteiger partial charge in [-0.05, 0) is 79.9 Å². The number of anilines is 1. The van der Waals surface area contributed by atoms with E-state index in [0.717, 1.165) is 11.1 Å². The van der Waals surface area contributed by atoms with Crippen LogP contribution < -0.4 is 15.2 Å². The van der Waals surface area contributed by atoms with Gasteiger partial charge in [-0.2, -0.15) is 13.2 Å². The van der Waals surface area contributed by atoms with Crippen LogP contribution in [0.1, 0.15) is 11.1 Å². The molecule has 0 unspecified atom stereocenters. The first-order chi connectivity index (χ1) is 17.0. The van der Waals surface area contributed by atoms with Crippen LogP contribution >= 0.6 is 31.9 Å². The van der Waals surface area contributed by atoms with Crippen LogP contribution in [0.3, 0.4) is 0 Å². The molecule has 1 heterocycles. The zero-order valence-electron chi connectivity index (χ0n) is 17.7. The van der Waals surface area contributed by atoms with Crippen molar-refractivity contribution in [1.29, 1.82) is 0 Å². The second-order valence-corrected chi connectivity index (χ2v) is 9.04. The summed E-state index contributed by atoms with van der Waals surface area (Å²) in [4.78, 5) is 35.6. The summed E-state index contributed by atoms with van der Waals surface area (Å²) in [6.07, 6.45) is -3.42. The lowest BCUT2D eigenvalue weighted by molar-refractivity contribution is -0.385. The second kappa shape index (κ2) is 9.74. The van der Waals surface area contributed by atoms with E-state index in [-0.39, 0.29) is 20.3 Å². The van der Waals surface area contributed by atoms with Crippen LogP contribution in [0.4, 0.5) is 24.5 Å². The molecule has 0 spiro atoms. The smallest absolute Gasteiger partial charge is 0.416 e. The largest absolute Gasteiger partial charge is 0.448 e. The molecule has 0 saturated carbocycles. The summed E-state index contributed by atoms with van der Waals surface area (Å²) >= 11 is 6.52. The number of benzene rings is 3. The van der Waals surface area contributed by atoms with E-state index in [1.54, 1.807) is 30.3 Å². The fourth-order valence-corrected chi connectivity index (χ4v) is 4.66. The Morgan fingerprint density at radius 3 is 2.22 bits per heavy atom.